The molecule has 142 valence electrons. The molecule has 0 aromatic carbocycles. The van der Waals surface area contributed by atoms with Crippen LogP contribution in [0.2, 0.25) is 0 Å². The SMILES string of the molecule is CC1(C)OC(=O)C[C@H]1C(=O)N1CCN(c2ccc(C(F)(F)F)cn2)CC1. The van der Waals surface area contributed by atoms with Crippen LogP contribution in [0.3, 0.4) is 0 Å². The van der Waals surface area contributed by atoms with E-state index in [2.05, 4.69) is 4.98 Å². The number of hydrogen-bond acceptors (Lipinski definition) is 5. The standard InChI is InChI=1S/C17H20F3N3O3/c1-16(2)12(9-14(24)26-16)15(25)23-7-5-22(6-8-23)13-4-3-11(10-21-13)17(18,19)20/h3-4,10,12H,5-9H2,1-2H3/t12-/m0/s1. The summed E-state index contributed by atoms with van der Waals surface area (Å²) >= 11 is 0. The molecule has 3 rings (SSSR count). The van der Waals surface area contributed by atoms with Gasteiger partial charge < -0.3 is 14.5 Å². The Hall–Kier alpha value is -2.32. The number of carbonyl (C=O) groups excluding carboxylic acids is 2. The van der Waals surface area contributed by atoms with Crippen molar-refractivity contribution in [3.63, 3.8) is 0 Å². The van der Waals surface area contributed by atoms with E-state index in [0.29, 0.717) is 32.0 Å². The fraction of sp³-hybridized carbons (Fsp3) is 0.588. The topological polar surface area (TPSA) is 62.7 Å². The minimum atomic E-state index is -4.41. The van der Waals surface area contributed by atoms with Gasteiger partial charge in [-0.15, -0.1) is 0 Å². The molecule has 2 aliphatic heterocycles. The molecule has 9 heteroatoms. The lowest BCUT2D eigenvalue weighted by atomic mass is 9.89. The fourth-order valence-electron chi connectivity index (χ4n) is 3.32. The van der Waals surface area contributed by atoms with Crippen molar-refractivity contribution < 1.29 is 27.5 Å². The van der Waals surface area contributed by atoms with Gasteiger partial charge in [0.05, 0.1) is 17.9 Å². The highest BCUT2D eigenvalue weighted by Crippen LogP contribution is 2.34. The number of piperazine rings is 1. The molecule has 0 unspecified atom stereocenters. The largest absolute Gasteiger partial charge is 0.459 e. The van der Waals surface area contributed by atoms with Crippen LogP contribution in [-0.2, 0) is 20.5 Å². The van der Waals surface area contributed by atoms with Gasteiger partial charge in [0.2, 0.25) is 5.91 Å². The average molecular weight is 371 g/mol. The number of ether oxygens (including phenoxy) is 1. The molecule has 26 heavy (non-hydrogen) atoms. The molecule has 0 spiro atoms. The number of hydrogen-bond donors (Lipinski definition) is 0. The Balaban J connectivity index is 1.61. The van der Waals surface area contributed by atoms with Gasteiger partial charge in [0.25, 0.3) is 0 Å². The molecule has 1 amide bonds. The summed E-state index contributed by atoms with van der Waals surface area (Å²) in [5.41, 5.74) is -1.61. The van der Waals surface area contributed by atoms with Crippen LogP contribution in [0, 0.1) is 5.92 Å². The third kappa shape index (κ3) is 3.61. The van der Waals surface area contributed by atoms with E-state index in [-0.39, 0.29) is 18.3 Å². The van der Waals surface area contributed by atoms with Crippen LogP contribution in [0.1, 0.15) is 25.8 Å². The molecule has 0 bridgehead atoms. The van der Waals surface area contributed by atoms with Gasteiger partial charge in [0.15, 0.2) is 0 Å². The number of halogens is 3. The molecule has 0 saturated carbocycles. The zero-order chi connectivity index (χ0) is 19.1. The molecule has 0 N–H and O–H groups in total. The summed E-state index contributed by atoms with van der Waals surface area (Å²) in [5, 5.41) is 0. The molecule has 2 saturated heterocycles. The highest BCUT2D eigenvalue weighted by atomic mass is 19.4. The Morgan fingerprint density at radius 3 is 2.35 bits per heavy atom. The predicted molar refractivity (Wildman–Crippen MR) is 86.3 cm³/mol. The number of esters is 1. The van der Waals surface area contributed by atoms with Crippen LogP contribution in [0.25, 0.3) is 0 Å². The summed E-state index contributed by atoms with van der Waals surface area (Å²) < 4.78 is 43.0. The smallest absolute Gasteiger partial charge is 0.417 e. The average Bonchev–Trinajstić information content (AvgIpc) is 2.86. The second-order valence-corrected chi connectivity index (χ2v) is 7.05. The molecular weight excluding hydrogens is 351 g/mol. The number of aromatic nitrogens is 1. The lowest BCUT2D eigenvalue weighted by Crippen LogP contribution is -2.52. The summed E-state index contributed by atoms with van der Waals surface area (Å²) in [7, 11) is 0. The number of alkyl halides is 3. The second-order valence-electron chi connectivity index (χ2n) is 7.05. The Morgan fingerprint density at radius 1 is 1.23 bits per heavy atom. The molecule has 1 aromatic heterocycles. The minimum Gasteiger partial charge on any atom is -0.459 e. The molecule has 3 heterocycles. The molecule has 0 radical (unpaired) electrons. The van der Waals surface area contributed by atoms with Gasteiger partial charge in [0.1, 0.15) is 11.4 Å². The van der Waals surface area contributed by atoms with Crippen LogP contribution >= 0.6 is 0 Å². The van der Waals surface area contributed by atoms with E-state index in [4.69, 9.17) is 4.74 Å². The van der Waals surface area contributed by atoms with Gasteiger partial charge in [-0.1, -0.05) is 0 Å². The number of carbonyl (C=O) groups is 2. The van der Waals surface area contributed by atoms with E-state index >= 15 is 0 Å². The number of pyridine rings is 1. The maximum absolute atomic E-state index is 12.7. The first kappa shape index (κ1) is 18.5. The van der Waals surface area contributed by atoms with E-state index in [0.717, 1.165) is 12.3 Å². The molecule has 6 nitrogen and oxygen atoms in total. The van der Waals surface area contributed by atoms with Crippen molar-refractivity contribution in [2.24, 2.45) is 5.92 Å². The summed E-state index contributed by atoms with van der Waals surface area (Å²) in [6.45, 7) is 5.22. The first-order chi connectivity index (χ1) is 12.1. The number of anilines is 1. The molecule has 2 aliphatic rings. The van der Waals surface area contributed by atoms with Crippen molar-refractivity contribution >= 4 is 17.7 Å². The highest BCUT2D eigenvalue weighted by Gasteiger charge is 2.47. The van der Waals surface area contributed by atoms with Crippen LogP contribution in [0.5, 0.6) is 0 Å². The Kier molecular flexibility index (Phi) is 4.58. The Morgan fingerprint density at radius 2 is 1.88 bits per heavy atom. The van der Waals surface area contributed by atoms with Crippen molar-refractivity contribution in [1.82, 2.24) is 9.88 Å². The molecule has 0 aliphatic carbocycles. The van der Waals surface area contributed by atoms with Crippen molar-refractivity contribution in [2.45, 2.75) is 32.0 Å². The van der Waals surface area contributed by atoms with E-state index in [1.54, 1.807) is 18.7 Å². The fourth-order valence-corrected chi connectivity index (χ4v) is 3.32. The lowest BCUT2D eigenvalue weighted by Gasteiger charge is -2.37. The first-order valence-corrected chi connectivity index (χ1v) is 8.37. The summed E-state index contributed by atoms with van der Waals surface area (Å²) in [6.07, 6.45) is -3.52. The quantitative estimate of drug-likeness (QED) is 0.745. The van der Waals surface area contributed by atoms with Gasteiger partial charge in [0, 0.05) is 32.4 Å². The zero-order valence-corrected chi connectivity index (χ0v) is 14.5. The van der Waals surface area contributed by atoms with Crippen LogP contribution in [0.15, 0.2) is 18.3 Å². The Bertz CT molecular complexity index is 695. The number of amides is 1. The van der Waals surface area contributed by atoms with Crippen molar-refractivity contribution in [3.05, 3.63) is 23.9 Å². The van der Waals surface area contributed by atoms with Gasteiger partial charge in [-0.05, 0) is 26.0 Å². The maximum Gasteiger partial charge on any atom is 0.417 e. The van der Waals surface area contributed by atoms with Crippen molar-refractivity contribution in [2.75, 3.05) is 31.1 Å². The van der Waals surface area contributed by atoms with Gasteiger partial charge in [-0.2, -0.15) is 13.2 Å². The lowest BCUT2D eigenvalue weighted by molar-refractivity contribution is -0.149. The van der Waals surface area contributed by atoms with Crippen LogP contribution in [-0.4, -0.2) is 53.5 Å². The summed E-state index contributed by atoms with van der Waals surface area (Å²) in [5.74, 6) is -0.558. The van der Waals surface area contributed by atoms with E-state index in [9.17, 15) is 22.8 Å². The van der Waals surface area contributed by atoms with Crippen LogP contribution in [0.4, 0.5) is 19.0 Å². The normalized spacial score (nSPS) is 23.1. The van der Waals surface area contributed by atoms with E-state index in [1.807, 2.05) is 4.90 Å². The van der Waals surface area contributed by atoms with Gasteiger partial charge in [-0.25, -0.2) is 4.98 Å². The number of rotatable bonds is 2. The maximum atomic E-state index is 12.7. The number of nitrogens with zero attached hydrogens (tertiary/aromatic N) is 3. The first-order valence-electron chi connectivity index (χ1n) is 8.37. The van der Waals surface area contributed by atoms with E-state index < -0.39 is 23.3 Å². The molecule has 1 aromatic rings. The van der Waals surface area contributed by atoms with Gasteiger partial charge >= 0.3 is 12.1 Å². The molecule has 1 atom stereocenters. The third-order valence-electron chi connectivity index (χ3n) is 4.88. The summed E-state index contributed by atoms with van der Waals surface area (Å²) in [6, 6.07) is 2.34. The predicted octanol–water partition coefficient (Wildman–Crippen LogP) is 2.09. The Labute approximate surface area is 148 Å². The van der Waals surface area contributed by atoms with Gasteiger partial charge in [-0.3, -0.25) is 9.59 Å². The van der Waals surface area contributed by atoms with E-state index in [1.165, 1.54) is 6.07 Å². The monoisotopic (exact) mass is 371 g/mol. The van der Waals surface area contributed by atoms with Crippen LogP contribution < -0.4 is 4.90 Å². The summed E-state index contributed by atoms with van der Waals surface area (Å²) in [4.78, 5) is 31.6. The molecule has 2 fully saturated rings. The van der Waals surface area contributed by atoms with Crippen molar-refractivity contribution in [3.8, 4) is 0 Å². The van der Waals surface area contributed by atoms with Crippen molar-refractivity contribution in [1.29, 1.82) is 0 Å². The number of cyclic esters (lactones) is 1. The third-order valence-corrected chi connectivity index (χ3v) is 4.88. The second kappa shape index (κ2) is 6.44. The molecular formula is C17H20F3N3O3. The zero-order valence-electron chi connectivity index (χ0n) is 14.5. The highest BCUT2D eigenvalue weighted by molar-refractivity contribution is 5.87. The minimum absolute atomic E-state index is 0.0759.